The lowest BCUT2D eigenvalue weighted by molar-refractivity contribution is 0.334. The summed E-state index contributed by atoms with van der Waals surface area (Å²) in [6.07, 6.45) is 2.32. The Hall–Kier alpha value is -0.890. The molecule has 2 nitrogen and oxygen atoms in total. The van der Waals surface area contributed by atoms with Crippen molar-refractivity contribution in [3.63, 3.8) is 0 Å². The molecular formula is C16H26ClNO. The zero-order chi connectivity index (χ0) is 13.5. The molecule has 19 heavy (non-hydrogen) atoms. The summed E-state index contributed by atoms with van der Waals surface area (Å²) in [4.78, 5) is 0. The Kier molecular flexibility index (Phi) is 4.78. The van der Waals surface area contributed by atoms with E-state index in [2.05, 4.69) is 46.9 Å². The summed E-state index contributed by atoms with van der Waals surface area (Å²) in [6.45, 7) is 13.9. The molecule has 0 fully saturated rings. The predicted molar refractivity (Wildman–Crippen MR) is 85.1 cm³/mol. The molecule has 3 heteroatoms. The van der Waals surface area contributed by atoms with E-state index < -0.39 is 0 Å². The van der Waals surface area contributed by atoms with Crippen molar-refractivity contribution in [3.05, 3.63) is 22.3 Å². The number of hydrogen-bond acceptors (Lipinski definition) is 2. The molecule has 1 heterocycles. The van der Waals surface area contributed by atoms with Gasteiger partial charge in [-0.25, -0.2) is 0 Å². The number of nitrogens with one attached hydrogen (secondary N) is 1. The number of halogens is 1. The van der Waals surface area contributed by atoms with Gasteiger partial charge in [0.25, 0.3) is 0 Å². The molecule has 0 amide bonds. The van der Waals surface area contributed by atoms with Gasteiger partial charge in [-0.2, -0.15) is 0 Å². The van der Waals surface area contributed by atoms with Crippen molar-refractivity contribution in [1.82, 2.24) is 0 Å². The predicted octanol–water partition coefficient (Wildman–Crippen LogP) is 4.57. The quantitative estimate of drug-likeness (QED) is 0.858. The van der Waals surface area contributed by atoms with Gasteiger partial charge in [-0.3, -0.25) is 0 Å². The first-order valence-electron chi connectivity index (χ1n) is 6.91. The maximum Gasteiger partial charge on any atom is 0.125 e. The van der Waals surface area contributed by atoms with E-state index in [4.69, 9.17) is 4.74 Å². The molecule has 1 N–H and O–H groups in total. The first-order chi connectivity index (χ1) is 8.37. The average molecular weight is 284 g/mol. The number of anilines is 1. The highest BCUT2D eigenvalue weighted by molar-refractivity contribution is 5.85. The van der Waals surface area contributed by atoms with Crippen molar-refractivity contribution in [2.75, 3.05) is 11.9 Å². The van der Waals surface area contributed by atoms with Crippen LogP contribution < -0.4 is 10.1 Å². The molecule has 0 unspecified atom stereocenters. The largest absolute Gasteiger partial charge is 0.493 e. The number of ether oxygens (including phenoxy) is 1. The van der Waals surface area contributed by atoms with Gasteiger partial charge in [0, 0.05) is 11.2 Å². The fourth-order valence-electron chi connectivity index (χ4n) is 2.87. The SMILES string of the molecule is CCOc1c(C)c(C)c2c(c1C)CCC(C)(C)N2.Cl. The highest BCUT2D eigenvalue weighted by Gasteiger charge is 2.28. The summed E-state index contributed by atoms with van der Waals surface area (Å²) in [5.74, 6) is 1.09. The third-order valence-corrected chi connectivity index (χ3v) is 4.13. The van der Waals surface area contributed by atoms with Crippen molar-refractivity contribution >= 4 is 18.1 Å². The fraction of sp³-hybridized carbons (Fsp3) is 0.625. The molecule has 0 aliphatic carbocycles. The minimum atomic E-state index is 0. The van der Waals surface area contributed by atoms with Crippen molar-refractivity contribution < 1.29 is 4.74 Å². The van der Waals surface area contributed by atoms with Gasteiger partial charge in [0.2, 0.25) is 0 Å². The number of benzene rings is 1. The molecule has 0 atom stereocenters. The van der Waals surface area contributed by atoms with Crippen LogP contribution in [0.3, 0.4) is 0 Å². The third-order valence-electron chi connectivity index (χ3n) is 4.13. The molecule has 0 saturated heterocycles. The normalized spacial score (nSPS) is 16.1. The smallest absolute Gasteiger partial charge is 0.125 e. The first kappa shape index (κ1) is 16.2. The minimum Gasteiger partial charge on any atom is -0.493 e. The van der Waals surface area contributed by atoms with Crippen LogP contribution in [0.1, 0.15) is 49.4 Å². The van der Waals surface area contributed by atoms with Gasteiger partial charge in [0.05, 0.1) is 6.61 Å². The minimum absolute atomic E-state index is 0. The number of hydrogen-bond donors (Lipinski definition) is 1. The second kappa shape index (κ2) is 5.62. The second-order valence-electron chi connectivity index (χ2n) is 6.00. The van der Waals surface area contributed by atoms with Crippen LogP contribution in [0, 0.1) is 20.8 Å². The van der Waals surface area contributed by atoms with E-state index in [1.807, 2.05) is 0 Å². The maximum absolute atomic E-state index is 5.84. The lowest BCUT2D eigenvalue weighted by Crippen LogP contribution is -2.36. The molecule has 0 spiro atoms. The van der Waals surface area contributed by atoms with Gasteiger partial charge in [-0.05, 0) is 76.6 Å². The van der Waals surface area contributed by atoms with E-state index >= 15 is 0 Å². The fourth-order valence-corrected chi connectivity index (χ4v) is 2.87. The van der Waals surface area contributed by atoms with Crippen molar-refractivity contribution in [2.24, 2.45) is 0 Å². The first-order valence-corrected chi connectivity index (χ1v) is 6.91. The Bertz CT molecular complexity index is 480. The maximum atomic E-state index is 5.84. The summed E-state index contributed by atoms with van der Waals surface area (Å²) in [7, 11) is 0. The van der Waals surface area contributed by atoms with Crippen LogP contribution in [0.25, 0.3) is 0 Å². The van der Waals surface area contributed by atoms with Crippen LogP contribution >= 0.6 is 12.4 Å². The Balaban J connectivity index is 0.00000180. The number of rotatable bonds is 2. The van der Waals surface area contributed by atoms with Crippen molar-refractivity contribution in [1.29, 1.82) is 0 Å². The van der Waals surface area contributed by atoms with E-state index in [9.17, 15) is 0 Å². The van der Waals surface area contributed by atoms with E-state index in [1.165, 1.54) is 34.4 Å². The Morgan fingerprint density at radius 2 is 1.74 bits per heavy atom. The van der Waals surface area contributed by atoms with E-state index in [-0.39, 0.29) is 17.9 Å². The van der Waals surface area contributed by atoms with Crippen molar-refractivity contribution in [2.45, 2.75) is 59.9 Å². The molecule has 0 saturated carbocycles. The molecule has 1 aliphatic rings. The van der Waals surface area contributed by atoms with Gasteiger partial charge < -0.3 is 10.1 Å². The van der Waals surface area contributed by atoms with Crippen LogP contribution in [0.4, 0.5) is 5.69 Å². The zero-order valence-corrected chi connectivity index (χ0v) is 13.8. The molecule has 1 aromatic rings. The number of fused-ring (bicyclic) bond motifs is 1. The van der Waals surface area contributed by atoms with Crippen LogP contribution in [-0.4, -0.2) is 12.1 Å². The van der Waals surface area contributed by atoms with Gasteiger partial charge in [0.1, 0.15) is 5.75 Å². The topological polar surface area (TPSA) is 21.3 Å². The Morgan fingerprint density at radius 1 is 1.11 bits per heavy atom. The van der Waals surface area contributed by atoms with Gasteiger partial charge >= 0.3 is 0 Å². The van der Waals surface area contributed by atoms with Crippen LogP contribution in [0.2, 0.25) is 0 Å². The highest BCUT2D eigenvalue weighted by Crippen LogP contribution is 2.41. The average Bonchev–Trinajstić information content (AvgIpc) is 2.31. The van der Waals surface area contributed by atoms with Crippen LogP contribution in [0.5, 0.6) is 5.75 Å². The summed E-state index contributed by atoms with van der Waals surface area (Å²) >= 11 is 0. The summed E-state index contributed by atoms with van der Waals surface area (Å²) in [5, 5.41) is 3.70. The third kappa shape index (κ3) is 2.84. The zero-order valence-electron chi connectivity index (χ0n) is 12.9. The summed E-state index contributed by atoms with van der Waals surface area (Å²) < 4.78 is 5.84. The van der Waals surface area contributed by atoms with Crippen LogP contribution in [-0.2, 0) is 6.42 Å². The summed E-state index contributed by atoms with van der Waals surface area (Å²) in [6, 6.07) is 0. The molecule has 108 valence electrons. The Labute approximate surface area is 123 Å². The second-order valence-corrected chi connectivity index (χ2v) is 6.00. The standard InChI is InChI=1S/C16H25NO.ClH/c1-7-18-15-11(3)10(2)14-13(12(15)4)8-9-16(5,6)17-14;/h17H,7-9H2,1-6H3;1H. The van der Waals surface area contributed by atoms with E-state index in [0.29, 0.717) is 0 Å². The molecule has 2 rings (SSSR count). The van der Waals surface area contributed by atoms with Gasteiger partial charge in [-0.15, -0.1) is 12.4 Å². The van der Waals surface area contributed by atoms with Crippen LogP contribution in [0.15, 0.2) is 0 Å². The van der Waals surface area contributed by atoms with E-state index in [0.717, 1.165) is 18.8 Å². The molecular weight excluding hydrogens is 258 g/mol. The van der Waals surface area contributed by atoms with E-state index in [1.54, 1.807) is 0 Å². The molecule has 0 bridgehead atoms. The van der Waals surface area contributed by atoms with Crippen molar-refractivity contribution in [3.8, 4) is 5.75 Å². The molecule has 0 aromatic heterocycles. The summed E-state index contributed by atoms with van der Waals surface area (Å²) in [5.41, 5.74) is 6.91. The molecule has 1 aliphatic heterocycles. The molecule has 1 aromatic carbocycles. The monoisotopic (exact) mass is 283 g/mol. The lowest BCUT2D eigenvalue weighted by Gasteiger charge is -2.36. The highest BCUT2D eigenvalue weighted by atomic mass is 35.5. The lowest BCUT2D eigenvalue weighted by atomic mass is 9.84. The van der Waals surface area contributed by atoms with Gasteiger partial charge in [-0.1, -0.05) is 0 Å². The van der Waals surface area contributed by atoms with Gasteiger partial charge in [0.15, 0.2) is 0 Å². The molecule has 0 radical (unpaired) electrons. The Morgan fingerprint density at radius 3 is 2.32 bits per heavy atom.